The van der Waals surface area contributed by atoms with Crippen LogP contribution in [0.1, 0.15) is 75.5 Å². The van der Waals surface area contributed by atoms with E-state index in [0.717, 1.165) is 17.8 Å². The summed E-state index contributed by atoms with van der Waals surface area (Å²) in [5, 5.41) is 44.4. The summed E-state index contributed by atoms with van der Waals surface area (Å²) in [7, 11) is 0. The Morgan fingerprint density at radius 1 is 0.519 bits per heavy atom. The lowest BCUT2D eigenvalue weighted by molar-refractivity contribution is -0.135. The fraction of sp³-hybridized carbons (Fsp3) is 0.412. The second kappa shape index (κ2) is 32.4. The lowest BCUT2D eigenvalue weighted by Crippen LogP contribution is -2.60. The van der Waals surface area contributed by atoms with Crippen LogP contribution in [-0.4, -0.2) is 135 Å². The first-order valence-electron chi connectivity index (χ1n) is 24.8. The Hall–Kier alpha value is -8.94. The van der Waals surface area contributed by atoms with Crippen molar-refractivity contribution >= 4 is 70.1 Å². The highest BCUT2D eigenvalue weighted by Crippen LogP contribution is 2.20. The van der Waals surface area contributed by atoms with Gasteiger partial charge < -0.3 is 86.6 Å². The van der Waals surface area contributed by atoms with Gasteiger partial charge in [0.1, 0.15) is 47.8 Å². The molecule has 26 heteroatoms. The first-order valence-corrected chi connectivity index (χ1v) is 24.8. The number of carboxylic acids is 1. The normalized spacial score (nSPS) is 13.0. The van der Waals surface area contributed by atoms with E-state index < -0.39 is 83.6 Å². The molecular weight excluding hydrogens is 999 g/mol. The summed E-state index contributed by atoms with van der Waals surface area (Å²) in [6.07, 6.45) is 2.98. The summed E-state index contributed by atoms with van der Waals surface area (Å²) in [6.45, 7) is 2.86. The van der Waals surface area contributed by atoms with Crippen LogP contribution >= 0.6 is 0 Å². The quantitative estimate of drug-likeness (QED) is 0.0158. The molecule has 22 N–H and O–H groups in total. The van der Waals surface area contributed by atoms with E-state index in [2.05, 4.69) is 46.9 Å². The number of hydrogen-bond donors (Lipinski definition) is 16. The molecule has 3 aromatic carbocycles. The largest absolute Gasteiger partial charge is 0.508 e. The number of hydrogen-bond acceptors (Lipinski definition) is 13. The predicted molar refractivity (Wildman–Crippen MR) is 288 cm³/mol. The number of aliphatic imine (C=N–C) groups is 2. The van der Waals surface area contributed by atoms with E-state index in [0.29, 0.717) is 36.1 Å². The van der Waals surface area contributed by atoms with Gasteiger partial charge in [-0.15, -0.1) is 0 Å². The molecular formula is C51H73N15O11. The SMILES string of the molecule is CC(=O)NC(CCCN=C(N)N)C(=O)NC(Cc1ccc(O)cc1)C(=O)NC(Cc1ccc(O)cc1)C(=O)NC(CCCN=C(N)N)C(=O)NC(Cc1c[nH]c2ccccc12)C(=O)NC(CCCCN)C(N)=O.CC(=O)O. The predicted octanol–water partition coefficient (Wildman–Crippen LogP) is -1.65. The van der Waals surface area contributed by atoms with Gasteiger partial charge in [0, 0.05) is 63.3 Å². The Kier molecular flexibility index (Phi) is 26.2. The molecule has 0 aliphatic heterocycles. The van der Waals surface area contributed by atoms with Gasteiger partial charge in [-0.3, -0.25) is 48.3 Å². The summed E-state index contributed by atoms with van der Waals surface area (Å²) in [6, 6.07) is 11.3. The van der Waals surface area contributed by atoms with Crippen molar-refractivity contribution in [3.8, 4) is 11.5 Å². The van der Waals surface area contributed by atoms with Gasteiger partial charge in [0.05, 0.1) is 0 Å². The second-order valence-electron chi connectivity index (χ2n) is 18.0. The summed E-state index contributed by atoms with van der Waals surface area (Å²) in [5.41, 5.74) is 35.8. The first-order chi connectivity index (χ1) is 36.6. The number of nitrogens with one attached hydrogen (secondary N) is 7. The lowest BCUT2D eigenvalue weighted by atomic mass is 10.0. The number of phenols is 2. The average Bonchev–Trinajstić information content (AvgIpc) is 3.77. The maximum atomic E-state index is 14.7. The van der Waals surface area contributed by atoms with Crippen LogP contribution in [0, 0.1) is 0 Å². The number of aromatic nitrogens is 1. The molecule has 0 spiro atoms. The molecule has 0 bridgehead atoms. The van der Waals surface area contributed by atoms with Gasteiger partial charge in [-0.1, -0.05) is 42.5 Å². The number of amides is 7. The molecule has 0 saturated heterocycles. The zero-order valence-corrected chi connectivity index (χ0v) is 43.1. The molecule has 0 saturated carbocycles. The second-order valence-corrected chi connectivity index (χ2v) is 18.0. The highest BCUT2D eigenvalue weighted by atomic mass is 16.4. The number of primary amides is 1. The molecule has 77 heavy (non-hydrogen) atoms. The highest BCUT2D eigenvalue weighted by molar-refractivity contribution is 5.97. The number of fused-ring (bicyclic) bond motifs is 1. The molecule has 418 valence electrons. The number of unbranched alkanes of at least 4 members (excludes halogenated alkanes) is 1. The van der Waals surface area contributed by atoms with Crippen LogP contribution < -0.4 is 66.3 Å². The molecule has 7 amide bonds. The lowest BCUT2D eigenvalue weighted by Gasteiger charge is -2.28. The van der Waals surface area contributed by atoms with E-state index in [-0.39, 0.29) is 87.9 Å². The third-order valence-electron chi connectivity index (χ3n) is 11.6. The molecule has 6 atom stereocenters. The Morgan fingerprint density at radius 2 is 0.909 bits per heavy atom. The zero-order valence-electron chi connectivity index (χ0n) is 43.1. The number of aromatic amines is 1. The van der Waals surface area contributed by atoms with Crippen molar-refractivity contribution in [2.24, 2.45) is 44.4 Å². The van der Waals surface area contributed by atoms with E-state index in [1.54, 1.807) is 6.20 Å². The number of nitrogens with two attached hydrogens (primary N) is 6. The fourth-order valence-electron chi connectivity index (χ4n) is 7.81. The van der Waals surface area contributed by atoms with E-state index >= 15 is 0 Å². The number of carboxylic acid groups (broad SMARTS) is 1. The third kappa shape index (κ3) is 23.4. The summed E-state index contributed by atoms with van der Waals surface area (Å²) in [4.78, 5) is 117. The third-order valence-corrected chi connectivity index (χ3v) is 11.6. The number of rotatable bonds is 30. The minimum atomic E-state index is -1.45. The zero-order chi connectivity index (χ0) is 57.0. The average molecular weight is 1070 g/mol. The van der Waals surface area contributed by atoms with Gasteiger partial charge in [-0.2, -0.15) is 0 Å². The standard InChI is InChI=1S/C49H69N15O9.C2H4O2/c1-28(65)59-37(11-6-22-56-48(52)53)43(69)62-40(25-30-15-19-33(67)20-16-30)46(72)63-39(24-29-13-17-32(66)18-14-29)45(71)61-38(12-7-23-57-49(54)55)44(70)64-41(26-31-27-58-35-9-3-2-8-34(31)35)47(73)60-36(42(51)68)10-4-5-21-50;1-2(3)4/h2-3,8-9,13-20,27,36-41,58,66-67H,4-7,10-12,21-26,50H2,1H3,(H2,51,68)(H,59,65)(H,60,73)(H,61,71)(H,62,69)(H,63,72)(H,64,70)(H4,52,53,56)(H4,54,55,57);1H3,(H,3,4). The van der Waals surface area contributed by atoms with Crippen LogP contribution in [0.3, 0.4) is 0 Å². The summed E-state index contributed by atoms with van der Waals surface area (Å²) >= 11 is 0. The first kappa shape index (κ1) is 62.4. The minimum absolute atomic E-state index is 0.0460. The molecule has 1 aromatic heterocycles. The van der Waals surface area contributed by atoms with Crippen molar-refractivity contribution in [2.45, 2.75) is 114 Å². The van der Waals surface area contributed by atoms with Crippen LogP contribution in [0.4, 0.5) is 0 Å². The molecule has 26 nitrogen and oxygen atoms in total. The van der Waals surface area contributed by atoms with Gasteiger partial charge in [-0.05, 0) is 98.5 Å². The fourth-order valence-corrected chi connectivity index (χ4v) is 7.81. The summed E-state index contributed by atoms with van der Waals surface area (Å²) in [5.74, 6) is -6.62. The van der Waals surface area contributed by atoms with E-state index in [4.69, 9.17) is 44.3 Å². The van der Waals surface area contributed by atoms with Crippen LogP contribution in [0.25, 0.3) is 10.9 Å². The van der Waals surface area contributed by atoms with Crippen molar-refractivity contribution < 1.29 is 53.7 Å². The van der Waals surface area contributed by atoms with Crippen LogP contribution in [-0.2, 0) is 57.6 Å². The van der Waals surface area contributed by atoms with E-state index in [9.17, 15) is 43.8 Å². The Labute approximate surface area is 445 Å². The molecule has 4 rings (SSSR count). The number of aromatic hydroxyl groups is 2. The van der Waals surface area contributed by atoms with Crippen molar-refractivity contribution in [2.75, 3.05) is 19.6 Å². The number of H-pyrrole nitrogens is 1. The maximum Gasteiger partial charge on any atom is 0.300 e. The topological polar surface area (TPSA) is 466 Å². The van der Waals surface area contributed by atoms with Crippen molar-refractivity contribution in [3.63, 3.8) is 0 Å². The Bertz CT molecular complexity index is 2650. The molecule has 4 aromatic rings. The molecule has 1 heterocycles. The molecule has 0 fully saturated rings. The number of guanidine groups is 2. The number of nitrogens with zero attached hydrogens (tertiary/aromatic N) is 2. The van der Waals surface area contributed by atoms with Crippen molar-refractivity contribution in [3.05, 3.63) is 95.7 Å². The van der Waals surface area contributed by atoms with Crippen molar-refractivity contribution in [1.29, 1.82) is 0 Å². The smallest absolute Gasteiger partial charge is 0.300 e. The van der Waals surface area contributed by atoms with Gasteiger partial charge in [0.15, 0.2) is 11.9 Å². The van der Waals surface area contributed by atoms with E-state index in [1.165, 1.54) is 55.5 Å². The van der Waals surface area contributed by atoms with E-state index in [1.807, 2.05) is 24.3 Å². The Morgan fingerprint density at radius 3 is 1.34 bits per heavy atom. The Balaban J connectivity index is 0.00000376. The van der Waals surface area contributed by atoms with Gasteiger partial charge in [0.25, 0.3) is 5.97 Å². The number of para-hydroxylation sites is 1. The highest BCUT2D eigenvalue weighted by Gasteiger charge is 2.34. The summed E-state index contributed by atoms with van der Waals surface area (Å²) < 4.78 is 0. The van der Waals surface area contributed by atoms with Crippen LogP contribution in [0.15, 0.2) is 89.0 Å². The van der Waals surface area contributed by atoms with Gasteiger partial charge in [-0.25, -0.2) is 0 Å². The monoisotopic (exact) mass is 1070 g/mol. The number of benzene rings is 3. The number of aliphatic carboxylic acids is 1. The molecule has 0 aliphatic rings. The van der Waals surface area contributed by atoms with Crippen LogP contribution in [0.5, 0.6) is 11.5 Å². The number of carbonyl (C=O) groups is 8. The van der Waals surface area contributed by atoms with Crippen LogP contribution in [0.2, 0.25) is 0 Å². The minimum Gasteiger partial charge on any atom is -0.508 e. The van der Waals surface area contributed by atoms with Gasteiger partial charge in [0.2, 0.25) is 41.4 Å². The number of phenolic OH excluding ortho intramolecular Hbond substituents is 2. The number of carbonyl (C=O) groups excluding carboxylic acids is 7. The molecule has 6 unspecified atom stereocenters. The molecule has 0 radical (unpaired) electrons. The maximum absolute atomic E-state index is 14.7. The van der Waals surface area contributed by atoms with Crippen molar-refractivity contribution in [1.82, 2.24) is 36.9 Å². The molecule has 0 aliphatic carbocycles. The van der Waals surface area contributed by atoms with Gasteiger partial charge >= 0.3 is 0 Å².